The van der Waals surface area contributed by atoms with Gasteiger partial charge in [-0.1, -0.05) is 70.5 Å². The zero-order valence-corrected chi connectivity index (χ0v) is 17.1. The van der Waals surface area contributed by atoms with Crippen molar-refractivity contribution in [3.8, 4) is 0 Å². The van der Waals surface area contributed by atoms with Gasteiger partial charge in [0.05, 0.1) is 11.1 Å². The minimum Gasteiger partial charge on any atom is -0.271 e. The van der Waals surface area contributed by atoms with Gasteiger partial charge in [-0.15, -0.1) is 0 Å². The molecule has 0 aromatic heterocycles. The van der Waals surface area contributed by atoms with Crippen LogP contribution in [-0.4, -0.2) is 22.8 Å². The molecular weight excluding hydrogens is 414 g/mol. The number of benzene rings is 3. The fourth-order valence-electron chi connectivity index (χ4n) is 3.90. The maximum atomic E-state index is 12.8. The van der Waals surface area contributed by atoms with E-state index in [2.05, 4.69) is 40.2 Å². The van der Waals surface area contributed by atoms with Crippen molar-refractivity contribution in [2.75, 3.05) is 0 Å². The van der Waals surface area contributed by atoms with E-state index in [0.717, 1.165) is 10.0 Å². The topological polar surface area (TPSA) is 37.4 Å². The molecule has 4 rings (SSSR count). The summed E-state index contributed by atoms with van der Waals surface area (Å²) in [4.78, 5) is 27.1. The van der Waals surface area contributed by atoms with E-state index in [-0.39, 0.29) is 23.8 Å². The van der Waals surface area contributed by atoms with Crippen LogP contribution in [0.3, 0.4) is 0 Å². The van der Waals surface area contributed by atoms with Gasteiger partial charge >= 0.3 is 0 Å². The van der Waals surface area contributed by atoms with Crippen molar-refractivity contribution in [1.29, 1.82) is 0 Å². The number of carbonyl (C=O) groups is 2. The minimum absolute atomic E-state index is 0.0913. The zero-order valence-electron chi connectivity index (χ0n) is 15.5. The van der Waals surface area contributed by atoms with Crippen LogP contribution < -0.4 is 0 Å². The third-order valence-electron chi connectivity index (χ3n) is 5.32. The maximum Gasteiger partial charge on any atom is 0.261 e. The van der Waals surface area contributed by atoms with Gasteiger partial charge in [-0.2, -0.15) is 0 Å². The number of rotatable bonds is 5. The lowest BCUT2D eigenvalue weighted by Crippen LogP contribution is -2.39. The Kier molecular flexibility index (Phi) is 5.14. The highest BCUT2D eigenvalue weighted by molar-refractivity contribution is 9.10. The van der Waals surface area contributed by atoms with Gasteiger partial charge in [-0.05, 0) is 48.7 Å². The summed E-state index contributed by atoms with van der Waals surface area (Å²) < 4.78 is 1.02. The third kappa shape index (κ3) is 3.40. The normalized spacial score (nSPS) is 15.4. The van der Waals surface area contributed by atoms with E-state index in [0.29, 0.717) is 17.5 Å². The number of imide groups is 1. The Morgan fingerprint density at radius 2 is 1.25 bits per heavy atom. The monoisotopic (exact) mass is 433 g/mol. The highest BCUT2D eigenvalue weighted by atomic mass is 79.9. The highest BCUT2D eigenvalue weighted by Crippen LogP contribution is 2.34. The number of fused-ring (bicyclic) bond motifs is 1. The van der Waals surface area contributed by atoms with Crippen LogP contribution in [0.1, 0.15) is 51.1 Å². The molecule has 0 fully saturated rings. The van der Waals surface area contributed by atoms with E-state index in [1.807, 2.05) is 37.3 Å². The predicted octanol–water partition coefficient (Wildman–Crippen LogP) is 5.66. The molecule has 0 aliphatic carbocycles. The van der Waals surface area contributed by atoms with Gasteiger partial charge in [-0.3, -0.25) is 14.5 Å². The van der Waals surface area contributed by atoms with Gasteiger partial charge in [0.15, 0.2) is 0 Å². The van der Waals surface area contributed by atoms with Crippen LogP contribution in [0.4, 0.5) is 0 Å². The maximum absolute atomic E-state index is 12.8. The van der Waals surface area contributed by atoms with Gasteiger partial charge < -0.3 is 0 Å². The number of amides is 2. The molecule has 1 aliphatic rings. The number of hydrogen-bond acceptors (Lipinski definition) is 2. The fraction of sp³-hybridized carbons (Fsp3) is 0.167. The van der Waals surface area contributed by atoms with Crippen LogP contribution in [0.25, 0.3) is 0 Å². The molecule has 140 valence electrons. The molecular formula is C24H20BrNO2. The minimum atomic E-state index is -0.221. The van der Waals surface area contributed by atoms with Gasteiger partial charge in [0.2, 0.25) is 0 Å². The average molecular weight is 434 g/mol. The highest BCUT2D eigenvalue weighted by Gasteiger charge is 2.38. The summed E-state index contributed by atoms with van der Waals surface area (Å²) in [5, 5.41) is 0. The molecule has 3 aromatic rings. The molecule has 0 spiro atoms. The number of nitrogens with zero attached hydrogens (tertiary/aromatic N) is 1. The summed E-state index contributed by atoms with van der Waals surface area (Å²) in [6.07, 6.45) is 0.664. The Balaban J connectivity index is 1.65. The standard InChI is InChI=1S/C24H20BrNO2/c1-16(26-23(27)20-9-5-6-10-21(20)24(26)28)15-22(17-7-3-2-4-8-17)18-11-13-19(25)14-12-18/h2-14,16,22H,15H2,1H3. The molecule has 0 bridgehead atoms. The number of carbonyl (C=O) groups excluding carboxylic acids is 2. The van der Waals surface area contributed by atoms with Crippen molar-refractivity contribution in [2.24, 2.45) is 0 Å². The Labute approximate surface area is 173 Å². The van der Waals surface area contributed by atoms with Crippen molar-refractivity contribution >= 4 is 27.7 Å². The van der Waals surface area contributed by atoms with Crippen molar-refractivity contribution in [3.05, 3.63) is 106 Å². The van der Waals surface area contributed by atoms with Crippen molar-refractivity contribution in [3.63, 3.8) is 0 Å². The largest absolute Gasteiger partial charge is 0.271 e. The van der Waals surface area contributed by atoms with Crippen molar-refractivity contribution in [2.45, 2.75) is 25.3 Å². The van der Waals surface area contributed by atoms with E-state index >= 15 is 0 Å². The Morgan fingerprint density at radius 3 is 1.82 bits per heavy atom. The van der Waals surface area contributed by atoms with Crippen LogP contribution in [0.15, 0.2) is 83.3 Å². The van der Waals surface area contributed by atoms with E-state index in [9.17, 15) is 9.59 Å². The molecule has 3 nitrogen and oxygen atoms in total. The van der Waals surface area contributed by atoms with E-state index in [1.54, 1.807) is 24.3 Å². The first-order chi connectivity index (χ1) is 13.6. The van der Waals surface area contributed by atoms with Gasteiger partial charge in [0.1, 0.15) is 0 Å². The summed E-state index contributed by atoms with van der Waals surface area (Å²) in [7, 11) is 0. The summed E-state index contributed by atoms with van der Waals surface area (Å²) >= 11 is 3.49. The molecule has 2 unspecified atom stereocenters. The Hall–Kier alpha value is -2.72. The molecule has 0 radical (unpaired) electrons. The van der Waals surface area contributed by atoms with Crippen LogP contribution in [-0.2, 0) is 0 Å². The first kappa shape index (κ1) is 18.6. The lowest BCUT2D eigenvalue weighted by Gasteiger charge is -2.27. The number of hydrogen-bond donors (Lipinski definition) is 0. The van der Waals surface area contributed by atoms with Crippen LogP contribution in [0, 0.1) is 0 Å². The molecule has 2 atom stereocenters. The smallest absolute Gasteiger partial charge is 0.261 e. The molecule has 1 aliphatic heterocycles. The zero-order chi connectivity index (χ0) is 19.7. The summed E-state index contributed by atoms with van der Waals surface area (Å²) in [5.74, 6) is -0.306. The second-order valence-corrected chi connectivity index (χ2v) is 8.04. The van der Waals surface area contributed by atoms with E-state index in [1.165, 1.54) is 10.5 Å². The second kappa shape index (κ2) is 7.72. The molecule has 0 N–H and O–H groups in total. The second-order valence-electron chi connectivity index (χ2n) is 7.13. The average Bonchev–Trinajstić information content (AvgIpc) is 2.98. The predicted molar refractivity (Wildman–Crippen MR) is 113 cm³/mol. The van der Waals surface area contributed by atoms with Crippen LogP contribution >= 0.6 is 15.9 Å². The van der Waals surface area contributed by atoms with Crippen LogP contribution in [0.2, 0.25) is 0 Å². The van der Waals surface area contributed by atoms with Crippen molar-refractivity contribution < 1.29 is 9.59 Å². The summed E-state index contributed by atoms with van der Waals surface area (Å²) in [5.41, 5.74) is 3.34. The van der Waals surface area contributed by atoms with Crippen molar-refractivity contribution in [1.82, 2.24) is 4.90 Å². The lowest BCUT2D eigenvalue weighted by atomic mass is 9.86. The molecule has 3 aromatic carbocycles. The third-order valence-corrected chi connectivity index (χ3v) is 5.85. The fourth-order valence-corrected chi connectivity index (χ4v) is 4.16. The summed E-state index contributed by atoms with van der Waals surface area (Å²) in [6.45, 7) is 1.95. The summed E-state index contributed by atoms with van der Waals surface area (Å²) in [6, 6.07) is 25.3. The SMILES string of the molecule is CC(CC(c1ccccc1)c1ccc(Br)cc1)N1C(=O)c2ccccc2C1=O. The molecule has 4 heteroatoms. The molecule has 2 amide bonds. The quantitative estimate of drug-likeness (QED) is 0.487. The molecule has 0 saturated carbocycles. The first-order valence-electron chi connectivity index (χ1n) is 9.33. The van der Waals surface area contributed by atoms with Gasteiger partial charge in [0.25, 0.3) is 11.8 Å². The van der Waals surface area contributed by atoms with E-state index < -0.39 is 0 Å². The van der Waals surface area contributed by atoms with Crippen LogP contribution in [0.5, 0.6) is 0 Å². The van der Waals surface area contributed by atoms with E-state index in [4.69, 9.17) is 0 Å². The lowest BCUT2D eigenvalue weighted by molar-refractivity contribution is 0.0587. The molecule has 0 saturated heterocycles. The van der Waals surface area contributed by atoms with Gasteiger partial charge in [0, 0.05) is 16.4 Å². The Bertz CT molecular complexity index is 979. The number of halogens is 1. The molecule has 28 heavy (non-hydrogen) atoms. The van der Waals surface area contributed by atoms with Gasteiger partial charge in [-0.25, -0.2) is 0 Å². The first-order valence-corrected chi connectivity index (χ1v) is 10.1. The Morgan fingerprint density at radius 1 is 0.750 bits per heavy atom. The molecule has 1 heterocycles.